The average molecular weight is 441 g/mol. The van der Waals surface area contributed by atoms with Gasteiger partial charge in [-0.3, -0.25) is 10.1 Å². The number of hydrogen-bond donors (Lipinski definition) is 1. The number of amides is 1. The predicted octanol–water partition coefficient (Wildman–Crippen LogP) is 7.41. The first-order valence-electron chi connectivity index (χ1n) is 11.8. The van der Waals surface area contributed by atoms with Gasteiger partial charge in [0, 0.05) is 12.6 Å². The van der Waals surface area contributed by atoms with E-state index < -0.39 is 11.0 Å². The first-order valence-corrected chi connectivity index (χ1v) is 11.8. The molecule has 0 aliphatic rings. The van der Waals surface area contributed by atoms with Crippen LogP contribution in [0, 0.1) is 10.1 Å². The molecular weight excluding hydrogens is 404 g/mol. The van der Waals surface area contributed by atoms with Crippen molar-refractivity contribution in [2.24, 2.45) is 0 Å². The van der Waals surface area contributed by atoms with Crippen molar-refractivity contribution < 1.29 is 14.5 Å². The number of carbonyl (C=O) groups excluding carboxylic acids is 1. The molecule has 0 fully saturated rings. The maximum Gasteiger partial charge on any atom is 0.407 e. The quantitative estimate of drug-likeness (QED) is 0.178. The van der Waals surface area contributed by atoms with Crippen LogP contribution in [0.1, 0.15) is 76.7 Å². The fraction of sp³-hybridized carbons (Fsp3) is 0.500. The number of nitro groups is 1. The van der Waals surface area contributed by atoms with Crippen LogP contribution in [0.5, 0.6) is 0 Å². The van der Waals surface area contributed by atoms with Gasteiger partial charge in [0.25, 0.3) is 5.69 Å². The lowest BCUT2D eigenvalue weighted by atomic mass is 10.0. The topological polar surface area (TPSA) is 81.5 Å². The van der Waals surface area contributed by atoms with E-state index in [-0.39, 0.29) is 12.3 Å². The third kappa shape index (κ3) is 9.50. The summed E-state index contributed by atoms with van der Waals surface area (Å²) in [6, 6.07) is 14.4. The molecule has 0 unspecified atom stereocenters. The van der Waals surface area contributed by atoms with E-state index in [0.29, 0.717) is 12.1 Å². The fourth-order valence-corrected chi connectivity index (χ4v) is 3.66. The summed E-state index contributed by atoms with van der Waals surface area (Å²) in [5, 5.41) is 14.2. The van der Waals surface area contributed by atoms with E-state index in [1.165, 1.54) is 57.4 Å². The molecule has 2 aromatic carbocycles. The second kappa shape index (κ2) is 15.0. The van der Waals surface area contributed by atoms with E-state index >= 15 is 0 Å². The van der Waals surface area contributed by atoms with Gasteiger partial charge in [-0.25, -0.2) is 4.79 Å². The molecule has 0 atom stereocenters. The van der Waals surface area contributed by atoms with Crippen molar-refractivity contribution in [1.29, 1.82) is 0 Å². The van der Waals surface area contributed by atoms with E-state index in [2.05, 4.69) is 12.2 Å². The first kappa shape index (κ1) is 25.4. The normalized spacial score (nSPS) is 10.7. The Hall–Kier alpha value is -2.89. The van der Waals surface area contributed by atoms with Crippen LogP contribution >= 0.6 is 0 Å². The summed E-state index contributed by atoms with van der Waals surface area (Å²) in [7, 11) is 0. The average Bonchev–Trinajstić information content (AvgIpc) is 2.81. The molecule has 0 saturated heterocycles. The molecule has 6 heteroatoms. The fourth-order valence-electron chi connectivity index (χ4n) is 3.66. The van der Waals surface area contributed by atoms with Gasteiger partial charge in [0.05, 0.1) is 10.5 Å². The summed E-state index contributed by atoms with van der Waals surface area (Å²) in [5.41, 5.74) is 1.99. The van der Waals surface area contributed by atoms with Gasteiger partial charge < -0.3 is 10.1 Å². The van der Waals surface area contributed by atoms with E-state index in [4.69, 9.17) is 4.74 Å². The summed E-state index contributed by atoms with van der Waals surface area (Å²) >= 11 is 0. The highest BCUT2D eigenvalue weighted by Crippen LogP contribution is 2.27. The molecule has 174 valence electrons. The third-order valence-corrected chi connectivity index (χ3v) is 5.55. The van der Waals surface area contributed by atoms with Crippen molar-refractivity contribution in [3.63, 3.8) is 0 Å². The number of unbranched alkanes of at least 4 members (excludes halogenated alkanes) is 9. The van der Waals surface area contributed by atoms with Crippen molar-refractivity contribution >= 4 is 11.8 Å². The Kier molecular flexibility index (Phi) is 11.9. The number of nitrogens with zero attached hydrogens (tertiary/aromatic N) is 1. The van der Waals surface area contributed by atoms with Crippen molar-refractivity contribution in [3.05, 3.63) is 64.2 Å². The van der Waals surface area contributed by atoms with Crippen molar-refractivity contribution in [2.45, 2.75) is 77.7 Å². The molecule has 0 spiro atoms. The molecular formula is C26H36N2O4. The lowest BCUT2D eigenvalue weighted by Gasteiger charge is -2.09. The van der Waals surface area contributed by atoms with Crippen molar-refractivity contribution in [1.82, 2.24) is 5.32 Å². The van der Waals surface area contributed by atoms with Crippen LogP contribution in [0.4, 0.5) is 10.5 Å². The Labute approximate surface area is 191 Å². The maximum atomic E-state index is 11.9. The number of hydrogen-bond acceptors (Lipinski definition) is 4. The minimum atomic E-state index is -0.539. The first-order chi connectivity index (χ1) is 15.6. The summed E-state index contributed by atoms with van der Waals surface area (Å²) in [6.07, 6.45) is 11.8. The zero-order valence-electron chi connectivity index (χ0n) is 19.2. The van der Waals surface area contributed by atoms with Gasteiger partial charge in [-0.2, -0.15) is 0 Å². The second-order valence-electron chi connectivity index (χ2n) is 8.15. The lowest BCUT2D eigenvalue weighted by Crippen LogP contribution is -2.25. The smallest absolute Gasteiger partial charge is 0.407 e. The summed E-state index contributed by atoms with van der Waals surface area (Å²) in [5.74, 6) is 0. The number of benzene rings is 2. The van der Waals surface area contributed by atoms with E-state index in [1.54, 1.807) is 6.07 Å². The molecule has 0 heterocycles. The van der Waals surface area contributed by atoms with Crippen LogP contribution in [-0.4, -0.2) is 17.6 Å². The van der Waals surface area contributed by atoms with E-state index in [9.17, 15) is 14.9 Å². The summed E-state index contributed by atoms with van der Waals surface area (Å²) in [6.45, 7) is 2.66. The van der Waals surface area contributed by atoms with E-state index in [1.807, 2.05) is 36.4 Å². The maximum absolute atomic E-state index is 11.9. The van der Waals surface area contributed by atoms with Gasteiger partial charge in [-0.1, -0.05) is 101 Å². The molecule has 0 aliphatic carbocycles. The highest BCUT2D eigenvalue weighted by Gasteiger charge is 2.16. The van der Waals surface area contributed by atoms with Gasteiger partial charge in [0.15, 0.2) is 0 Å². The number of alkyl carbamates (subject to hydrolysis) is 1. The number of carbonyl (C=O) groups is 1. The molecule has 2 rings (SSSR count). The minimum Gasteiger partial charge on any atom is -0.444 e. The van der Waals surface area contributed by atoms with Crippen LogP contribution in [0.3, 0.4) is 0 Å². The molecule has 0 bridgehead atoms. The Balaban J connectivity index is 1.66. The van der Waals surface area contributed by atoms with Gasteiger partial charge in [0.2, 0.25) is 0 Å². The van der Waals surface area contributed by atoms with Gasteiger partial charge in [-0.15, -0.1) is 0 Å². The zero-order chi connectivity index (χ0) is 23.0. The highest BCUT2D eigenvalue weighted by molar-refractivity contribution is 5.69. The second-order valence-corrected chi connectivity index (χ2v) is 8.15. The van der Waals surface area contributed by atoms with Crippen LogP contribution < -0.4 is 5.32 Å². The minimum absolute atomic E-state index is 0.0474. The Morgan fingerprint density at radius 1 is 0.875 bits per heavy atom. The number of nitro benzene ring substituents is 1. The molecule has 0 radical (unpaired) electrons. The van der Waals surface area contributed by atoms with E-state index in [0.717, 1.165) is 24.0 Å². The van der Waals surface area contributed by atoms with Crippen molar-refractivity contribution in [3.8, 4) is 11.1 Å². The molecule has 1 amide bonds. The summed E-state index contributed by atoms with van der Waals surface area (Å²) < 4.78 is 5.20. The van der Waals surface area contributed by atoms with Crippen LogP contribution in [0.25, 0.3) is 11.1 Å². The standard InChI is InChI=1S/C26H36N2O4/c1-2-3-4-5-6-7-8-9-10-14-19-27-26(29)32-21-24-18-17-23(20-25(24)28(30)31)22-15-12-11-13-16-22/h11-13,15-18,20H,2-10,14,19,21H2,1H3,(H,27,29). The van der Waals surface area contributed by atoms with Gasteiger partial charge >= 0.3 is 6.09 Å². The molecule has 0 aliphatic heterocycles. The molecule has 2 aromatic rings. The Morgan fingerprint density at radius 2 is 1.50 bits per heavy atom. The highest BCUT2D eigenvalue weighted by atomic mass is 16.6. The van der Waals surface area contributed by atoms with Crippen molar-refractivity contribution in [2.75, 3.05) is 6.54 Å². The molecule has 1 N–H and O–H groups in total. The number of rotatable bonds is 15. The molecule has 6 nitrogen and oxygen atoms in total. The third-order valence-electron chi connectivity index (χ3n) is 5.55. The predicted molar refractivity (Wildman–Crippen MR) is 129 cm³/mol. The van der Waals surface area contributed by atoms with Crippen LogP contribution in [-0.2, 0) is 11.3 Å². The molecule has 32 heavy (non-hydrogen) atoms. The van der Waals surface area contributed by atoms with Gasteiger partial charge in [-0.05, 0) is 23.6 Å². The number of ether oxygens (including phenoxy) is 1. The number of nitrogens with one attached hydrogen (secondary N) is 1. The lowest BCUT2D eigenvalue weighted by molar-refractivity contribution is -0.385. The Morgan fingerprint density at radius 3 is 2.12 bits per heavy atom. The zero-order valence-corrected chi connectivity index (χ0v) is 19.2. The SMILES string of the molecule is CCCCCCCCCCCCNC(=O)OCc1ccc(-c2ccccc2)cc1[N+](=O)[O-]. The van der Waals surface area contributed by atoms with Crippen LogP contribution in [0.15, 0.2) is 48.5 Å². The van der Waals surface area contributed by atoms with Gasteiger partial charge in [0.1, 0.15) is 6.61 Å². The van der Waals surface area contributed by atoms with Crippen LogP contribution in [0.2, 0.25) is 0 Å². The molecule has 0 aromatic heterocycles. The largest absolute Gasteiger partial charge is 0.444 e. The Bertz CT molecular complexity index is 824. The molecule has 0 saturated carbocycles. The monoisotopic (exact) mass is 440 g/mol. The summed E-state index contributed by atoms with van der Waals surface area (Å²) in [4.78, 5) is 23.0.